The summed E-state index contributed by atoms with van der Waals surface area (Å²) in [6, 6.07) is 12.9. The number of nitrogens with zero attached hydrogens (tertiary/aromatic N) is 3. The summed E-state index contributed by atoms with van der Waals surface area (Å²) in [4.78, 5) is 26.0. The van der Waals surface area contributed by atoms with Crippen LogP contribution in [0.2, 0.25) is 0 Å². The highest BCUT2D eigenvalue weighted by atomic mass is 35.5. The molecule has 1 amide bonds. The van der Waals surface area contributed by atoms with Crippen LogP contribution in [0.1, 0.15) is 42.7 Å². The smallest absolute Gasteiger partial charge is 0.226 e. The molecule has 1 atom stereocenters. The van der Waals surface area contributed by atoms with Gasteiger partial charge in [0.1, 0.15) is 15.5 Å². The molecule has 0 radical (unpaired) electrons. The number of carbonyl (C=O) groups excluding carboxylic acids is 1. The summed E-state index contributed by atoms with van der Waals surface area (Å²) in [5.41, 5.74) is 4.61. The van der Waals surface area contributed by atoms with Gasteiger partial charge in [-0.15, -0.1) is 35.1 Å². The van der Waals surface area contributed by atoms with Gasteiger partial charge in [0.25, 0.3) is 0 Å². The largest absolute Gasteiger partial charge is 0.317 e. The van der Waals surface area contributed by atoms with E-state index < -0.39 is 0 Å². The molecule has 0 saturated carbocycles. The van der Waals surface area contributed by atoms with Gasteiger partial charge in [-0.1, -0.05) is 37.3 Å². The molecule has 4 aromatic rings. The zero-order chi connectivity index (χ0) is 24.2. The summed E-state index contributed by atoms with van der Waals surface area (Å²) in [5.74, 6) is 0.0574. The number of halogens is 1. The summed E-state index contributed by atoms with van der Waals surface area (Å²) >= 11 is 3.36. The number of fused-ring (bicyclic) bond motifs is 2. The predicted octanol–water partition coefficient (Wildman–Crippen LogP) is 6.12. The molecule has 0 aliphatic carbocycles. The van der Waals surface area contributed by atoms with E-state index in [0.29, 0.717) is 12.5 Å². The molecule has 9 heteroatoms. The second-order valence-corrected chi connectivity index (χ2v) is 11.1. The van der Waals surface area contributed by atoms with Crippen LogP contribution in [0, 0.1) is 0 Å². The summed E-state index contributed by atoms with van der Waals surface area (Å²) in [7, 11) is 0. The van der Waals surface area contributed by atoms with Crippen molar-refractivity contribution >= 4 is 56.2 Å². The molecule has 0 saturated heterocycles. The van der Waals surface area contributed by atoms with Gasteiger partial charge in [0.15, 0.2) is 0 Å². The lowest BCUT2D eigenvalue weighted by atomic mass is 10.0. The number of thiazole rings is 1. The van der Waals surface area contributed by atoms with Crippen LogP contribution in [-0.2, 0) is 24.3 Å². The van der Waals surface area contributed by atoms with Crippen LogP contribution in [0.5, 0.6) is 0 Å². The van der Waals surface area contributed by atoms with Crippen LogP contribution < -0.4 is 10.6 Å². The standard InChI is InChI=1S/C27H31N5OS2.ClH/c1-3-18(2)32(17-19-7-5-4-6-8-19)14-11-24(33)31-27-25(20-9-12-29-16-23(20)35-27)26-30-21-15-28-13-10-22(21)34-26;/h4-8,10,13,15,18,29H,3,9,11-12,14,16-17H2,1-2H3,(H,31,33);1H/t18-;/m0./s1. The third kappa shape index (κ3) is 5.95. The fourth-order valence-corrected chi connectivity index (χ4v) is 6.81. The zero-order valence-corrected chi connectivity index (χ0v) is 23.1. The number of benzene rings is 1. The van der Waals surface area contributed by atoms with Crippen molar-refractivity contribution in [1.29, 1.82) is 0 Å². The van der Waals surface area contributed by atoms with Gasteiger partial charge >= 0.3 is 0 Å². The lowest BCUT2D eigenvalue weighted by molar-refractivity contribution is -0.116. The van der Waals surface area contributed by atoms with Crippen molar-refractivity contribution in [3.8, 4) is 10.6 Å². The number of rotatable bonds is 9. The summed E-state index contributed by atoms with van der Waals surface area (Å²) in [6.07, 6.45) is 6.07. The Bertz CT molecular complexity index is 1270. The SMILES string of the molecule is CC[C@H](C)N(CCC(=O)Nc1sc2c(c1-c1nc3cnccc3s1)CCNC2)Cc1ccccc1.Cl. The van der Waals surface area contributed by atoms with Crippen molar-refractivity contribution in [1.82, 2.24) is 20.2 Å². The molecule has 2 N–H and O–H groups in total. The molecule has 1 aliphatic heterocycles. The van der Waals surface area contributed by atoms with Crippen molar-refractivity contribution < 1.29 is 4.79 Å². The second kappa shape index (κ2) is 12.3. The van der Waals surface area contributed by atoms with E-state index in [4.69, 9.17) is 4.98 Å². The topological polar surface area (TPSA) is 70.2 Å². The Hall–Kier alpha value is -2.36. The molecule has 5 rings (SSSR count). The van der Waals surface area contributed by atoms with Crippen LogP contribution in [0.25, 0.3) is 20.8 Å². The maximum absolute atomic E-state index is 13.2. The molecule has 0 unspecified atom stereocenters. The van der Waals surface area contributed by atoms with Crippen LogP contribution in [0.3, 0.4) is 0 Å². The first kappa shape index (κ1) is 26.7. The van der Waals surface area contributed by atoms with E-state index in [2.05, 4.69) is 58.6 Å². The maximum atomic E-state index is 13.2. The van der Waals surface area contributed by atoms with Crippen LogP contribution in [0.15, 0.2) is 48.8 Å². The normalized spacial score (nSPS) is 13.9. The monoisotopic (exact) mass is 541 g/mol. The number of amides is 1. The van der Waals surface area contributed by atoms with Crippen molar-refractivity contribution in [2.75, 3.05) is 18.4 Å². The molecular weight excluding hydrogens is 510 g/mol. The first-order chi connectivity index (χ1) is 17.1. The van der Waals surface area contributed by atoms with Crippen molar-refractivity contribution in [2.24, 2.45) is 0 Å². The molecule has 0 bridgehead atoms. The molecular formula is C27H32ClN5OS2. The third-order valence-electron chi connectivity index (χ3n) is 6.65. The minimum atomic E-state index is 0. The average Bonchev–Trinajstić information content (AvgIpc) is 3.47. The van der Waals surface area contributed by atoms with Crippen molar-refractivity contribution in [3.63, 3.8) is 0 Å². The Morgan fingerprint density at radius 3 is 2.83 bits per heavy atom. The molecule has 6 nitrogen and oxygen atoms in total. The molecule has 1 aromatic carbocycles. The van der Waals surface area contributed by atoms with E-state index in [1.165, 1.54) is 16.0 Å². The fraction of sp³-hybridized carbons (Fsp3) is 0.370. The predicted molar refractivity (Wildman–Crippen MR) is 153 cm³/mol. The van der Waals surface area contributed by atoms with Crippen molar-refractivity contribution in [3.05, 3.63) is 64.8 Å². The Morgan fingerprint density at radius 2 is 2.06 bits per heavy atom. The lowest BCUT2D eigenvalue weighted by Crippen LogP contribution is -2.34. The number of hydrogen-bond donors (Lipinski definition) is 2. The number of aromatic nitrogens is 2. The van der Waals surface area contributed by atoms with E-state index in [1.54, 1.807) is 28.9 Å². The lowest BCUT2D eigenvalue weighted by Gasteiger charge is -2.28. The van der Waals surface area contributed by atoms with Gasteiger partial charge in [0, 0.05) is 48.7 Å². The number of carbonyl (C=O) groups is 1. The fourth-order valence-electron chi connectivity index (χ4n) is 4.50. The summed E-state index contributed by atoms with van der Waals surface area (Å²) < 4.78 is 1.12. The van der Waals surface area contributed by atoms with Gasteiger partial charge < -0.3 is 10.6 Å². The first-order valence-electron chi connectivity index (χ1n) is 12.3. The van der Waals surface area contributed by atoms with E-state index >= 15 is 0 Å². The second-order valence-electron chi connectivity index (χ2n) is 9.01. The molecule has 1 aliphatic rings. The first-order valence-corrected chi connectivity index (χ1v) is 13.9. The molecule has 3 aromatic heterocycles. The third-order valence-corrected chi connectivity index (χ3v) is 8.85. The van der Waals surface area contributed by atoms with Crippen LogP contribution in [-0.4, -0.2) is 39.9 Å². The van der Waals surface area contributed by atoms with Crippen LogP contribution in [0.4, 0.5) is 5.00 Å². The van der Waals surface area contributed by atoms with Gasteiger partial charge in [-0.3, -0.25) is 14.7 Å². The van der Waals surface area contributed by atoms with E-state index in [1.807, 2.05) is 18.3 Å². The minimum Gasteiger partial charge on any atom is -0.317 e. The average molecular weight is 542 g/mol. The quantitative estimate of drug-likeness (QED) is 0.267. The van der Waals surface area contributed by atoms with Gasteiger partial charge in [-0.05, 0) is 43.5 Å². The Kier molecular flexibility index (Phi) is 9.09. The van der Waals surface area contributed by atoms with Gasteiger partial charge in [0.05, 0.1) is 10.9 Å². The van der Waals surface area contributed by atoms with Crippen LogP contribution >= 0.6 is 35.1 Å². The van der Waals surface area contributed by atoms with E-state index in [9.17, 15) is 4.79 Å². The Balaban J connectivity index is 0.00000304. The van der Waals surface area contributed by atoms with Crippen molar-refractivity contribution in [2.45, 2.75) is 52.2 Å². The summed E-state index contributed by atoms with van der Waals surface area (Å²) in [5, 5.41) is 8.61. The Morgan fingerprint density at radius 1 is 1.22 bits per heavy atom. The molecule has 0 spiro atoms. The Labute approximate surface area is 226 Å². The maximum Gasteiger partial charge on any atom is 0.226 e. The molecule has 4 heterocycles. The van der Waals surface area contributed by atoms with Gasteiger partial charge in [0.2, 0.25) is 5.91 Å². The highest BCUT2D eigenvalue weighted by Gasteiger charge is 2.25. The number of hydrogen-bond acceptors (Lipinski definition) is 7. The highest BCUT2D eigenvalue weighted by molar-refractivity contribution is 7.22. The molecule has 190 valence electrons. The highest BCUT2D eigenvalue weighted by Crippen LogP contribution is 2.44. The molecule has 36 heavy (non-hydrogen) atoms. The number of nitrogens with one attached hydrogen (secondary N) is 2. The van der Waals surface area contributed by atoms with Gasteiger partial charge in [-0.25, -0.2) is 4.98 Å². The summed E-state index contributed by atoms with van der Waals surface area (Å²) in [6.45, 7) is 7.81. The number of pyridine rings is 1. The van der Waals surface area contributed by atoms with E-state index in [-0.39, 0.29) is 18.3 Å². The number of thiophene rings is 1. The minimum absolute atomic E-state index is 0. The van der Waals surface area contributed by atoms with E-state index in [0.717, 1.165) is 64.8 Å². The molecule has 0 fully saturated rings. The van der Waals surface area contributed by atoms with Gasteiger partial charge in [-0.2, -0.15) is 0 Å². The zero-order valence-electron chi connectivity index (χ0n) is 20.6. The number of anilines is 1.